The fourth-order valence-corrected chi connectivity index (χ4v) is 6.63. The molecule has 0 saturated heterocycles. The van der Waals surface area contributed by atoms with Gasteiger partial charge in [-0.15, -0.1) is 0 Å². The van der Waals surface area contributed by atoms with Gasteiger partial charge in [0.2, 0.25) is 0 Å². The summed E-state index contributed by atoms with van der Waals surface area (Å²) in [6.07, 6.45) is 12.6. The summed E-state index contributed by atoms with van der Waals surface area (Å²) >= 11 is 0. The lowest BCUT2D eigenvalue weighted by Crippen LogP contribution is -2.25. The standard InChI is InChI=1S/C46H50N6O3/c1-54-46(53)40-21-19-37(20-22-40)14-4-2-3-13-27-55-45-29-38(31-51(33-41-15-5-9-23-47-41)34-42-16-6-10-24-48-42)28-39(30-45)32-52(35-43-17-7-11-25-49-43)36-44-18-8-12-26-50-44/h5-12,15-26,28-30H,2-4,13-14,27,31-36H2,1H3. The minimum atomic E-state index is -0.304. The van der Waals surface area contributed by atoms with Crippen molar-refractivity contribution in [3.05, 3.63) is 185 Å². The number of aromatic nitrogens is 4. The van der Waals surface area contributed by atoms with Gasteiger partial charge in [-0.3, -0.25) is 29.7 Å². The van der Waals surface area contributed by atoms with Gasteiger partial charge in [-0.2, -0.15) is 0 Å². The van der Waals surface area contributed by atoms with E-state index in [0.717, 1.165) is 60.6 Å². The molecule has 0 N–H and O–H groups in total. The highest BCUT2D eigenvalue weighted by Crippen LogP contribution is 2.24. The third-order valence-electron chi connectivity index (χ3n) is 9.29. The molecule has 2 aromatic carbocycles. The lowest BCUT2D eigenvalue weighted by Gasteiger charge is -2.25. The normalized spacial score (nSPS) is 11.2. The van der Waals surface area contributed by atoms with Gasteiger partial charge in [-0.05, 0) is 109 Å². The number of unbranched alkanes of at least 4 members (excludes halogenated alkanes) is 3. The first-order chi connectivity index (χ1) is 27.1. The highest BCUT2D eigenvalue weighted by Gasteiger charge is 2.15. The van der Waals surface area contributed by atoms with Gasteiger partial charge in [0.1, 0.15) is 5.75 Å². The van der Waals surface area contributed by atoms with Gasteiger partial charge in [0, 0.05) is 64.1 Å². The Kier molecular flexibility index (Phi) is 15.0. The molecule has 0 atom stereocenters. The number of rotatable bonds is 21. The van der Waals surface area contributed by atoms with Crippen molar-refractivity contribution in [3.63, 3.8) is 0 Å². The summed E-state index contributed by atoms with van der Waals surface area (Å²) in [4.78, 5) is 35.1. The number of ether oxygens (including phenoxy) is 2. The minimum absolute atomic E-state index is 0.304. The van der Waals surface area contributed by atoms with Gasteiger partial charge in [0.25, 0.3) is 0 Å². The van der Waals surface area contributed by atoms with E-state index in [-0.39, 0.29) is 5.97 Å². The van der Waals surface area contributed by atoms with E-state index in [4.69, 9.17) is 9.47 Å². The highest BCUT2D eigenvalue weighted by atomic mass is 16.5. The van der Waals surface area contributed by atoms with Crippen LogP contribution in [0.5, 0.6) is 5.75 Å². The third kappa shape index (κ3) is 13.2. The van der Waals surface area contributed by atoms with E-state index in [9.17, 15) is 4.79 Å². The number of nitrogens with zero attached hydrogens (tertiary/aromatic N) is 6. The van der Waals surface area contributed by atoms with E-state index in [1.54, 1.807) is 0 Å². The minimum Gasteiger partial charge on any atom is -0.494 e. The SMILES string of the molecule is COC(=O)c1ccc(CCCCCCOc2cc(CN(Cc3ccccn3)Cc3ccccn3)cc(CN(Cc3ccccn3)Cc3ccccn3)c2)cc1. The van der Waals surface area contributed by atoms with E-state index < -0.39 is 0 Å². The van der Waals surface area contributed by atoms with Crippen LogP contribution in [-0.2, 0) is 50.4 Å². The molecule has 0 spiro atoms. The molecule has 6 rings (SSSR count). The van der Waals surface area contributed by atoms with Crippen molar-refractivity contribution < 1.29 is 14.3 Å². The van der Waals surface area contributed by atoms with Gasteiger partial charge in [0.15, 0.2) is 0 Å². The second-order valence-electron chi connectivity index (χ2n) is 13.8. The van der Waals surface area contributed by atoms with Crippen LogP contribution in [0, 0.1) is 0 Å². The molecule has 0 fully saturated rings. The molecule has 4 aromatic heterocycles. The molecule has 0 aliphatic heterocycles. The summed E-state index contributed by atoms with van der Waals surface area (Å²) < 4.78 is 11.3. The number of carbonyl (C=O) groups is 1. The smallest absolute Gasteiger partial charge is 0.337 e. The maximum Gasteiger partial charge on any atom is 0.337 e. The van der Waals surface area contributed by atoms with Crippen LogP contribution in [0.25, 0.3) is 0 Å². The molecule has 0 bridgehead atoms. The van der Waals surface area contributed by atoms with E-state index in [1.165, 1.54) is 23.8 Å². The molecular weight excluding hydrogens is 685 g/mol. The summed E-state index contributed by atoms with van der Waals surface area (Å²) in [5, 5.41) is 0. The van der Waals surface area contributed by atoms with Crippen molar-refractivity contribution in [2.24, 2.45) is 0 Å². The molecule has 55 heavy (non-hydrogen) atoms. The second kappa shape index (κ2) is 21.2. The van der Waals surface area contributed by atoms with Gasteiger partial charge >= 0.3 is 5.97 Å². The van der Waals surface area contributed by atoms with Crippen molar-refractivity contribution in [1.82, 2.24) is 29.7 Å². The monoisotopic (exact) mass is 734 g/mol. The molecule has 0 unspecified atom stereocenters. The van der Waals surface area contributed by atoms with Crippen molar-refractivity contribution in [2.45, 2.75) is 71.4 Å². The largest absolute Gasteiger partial charge is 0.494 e. The van der Waals surface area contributed by atoms with Crippen LogP contribution in [0.15, 0.2) is 140 Å². The van der Waals surface area contributed by atoms with Crippen molar-refractivity contribution in [2.75, 3.05) is 13.7 Å². The quantitative estimate of drug-likeness (QED) is 0.0532. The summed E-state index contributed by atoms with van der Waals surface area (Å²) in [6, 6.07) is 38.6. The molecule has 0 radical (unpaired) electrons. The average Bonchev–Trinajstić information content (AvgIpc) is 3.22. The number of aryl methyl sites for hydroxylation is 1. The predicted octanol–water partition coefficient (Wildman–Crippen LogP) is 8.64. The second-order valence-corrected chi connectivity index (χ2v) is 13.8. The average molecular weight is 735 g/mol. The molecule has 0 aliphatic carbocycles. The van der Waals surface area contributed by atoms with Crippen LogP contribution in [0.2, 0.25) is 0 Å². The van der Waals surface area contributed by atoms with Gasteiger partial charge in [-0.1, -0.05) is 55.3 Å². The van der Waals surface area contributed by atoms with E-state index in [2.05, 4.69) is 72.2 Å². The van der Waals surface area contributed by atoms with Crippen LogP contribution < -0.4 is 4.74 Å². The molecule has 0 saturated carbocycles. The summed E-state index contributed by atoms with van der Waals surface area (Å²) in [6.45, 7) is 4.83. The van der Waals surface area contributed by atoms with Gasteiger partial charge in [-0.25, -0.2) is 4.79 Å². The first-order valence-corrected chi connectivity index (χ1v) is 19.1. The molecule has 282 valence electrons. The lowest BCUT2D eigenvalue weighted by atomic mass is 10.0. The molecule has 6 aromatic rings. The number of esters is 1. The van der Waals surface area contributed by atoms with Crippen LogP contribution in [-0.4, -0.2) is 49.4 Å². The zero-order chi connectivity index (χ0) is 37.9. The highest BCUT2D eigenvalue weighted by molar-refractivity contribution is 5.89. The Labute approximate surface area is 325 Å². The van der Waals surface area contributed by atoms with Crippen LogP contribution in [0.4, 0.5) is 0 Å². The van der Waals surface area contributed by atoms with Crippen molar-refractivity contribution >= 4 is 5.97 Å². The summed E-state index contributed by atoms with van der Waals surface area (Å²) in [5.74, 6) is 0.575. The zero-order valence-electron chi connectivity index (χ0n) is 31.7. The Bertz CT molecular complexity index is 1810. The van der Waals surface area contributed by atoms with Crippen molar-refractivity contribution in [3.8, 4) is 5.75 Å². The van der Waals surface area contributed by atoms with Crippen molar-refractivity contribution in [1.29, 1.82) is 0 Å². The van der Waals surface area contributed by atoms with Crippen LogP contribution >= 0.6 is 0 Å². The Morgan fingerprint density at radius 3 is 1.38 bits per heavy atom. The number of methoxy groups -OCH3 is 1. The summed E-state index contributed by atoms with van der Waals surface area (Å²) in [5.41, 5.74) is 8.22. The molecule has 9 heteroatoms. The third-order valence-corrected chi connectivity index (χ3v) is 9.29. The Hall–Kier alpha value is -5.77. The Morgan fingerprint density at radius 1 is 0.509 bits per heavy atom. The fourth-order valence-electron chi connectivity index (χ4n) is 6.63. The van der Waals surface area contributed by atoms with Gasteiger partial charge < -0.3 is 9.47 Å². The van der Waals surface area contributed by atoms with E-state index in [0.29, 0.717) is 51.4 Å². The number of benzene rings is 2. The summed E-state index contributed by atoms with van der Waals surface area (Å²) in [7, 11) is 1.41. The van der Waals surface area contributed by atoms with E-state index >= 15 is 0 Å². The zero-order valence-corrected chi connectivity index (χ0v) is 31.7. The van der Waals surface area contributed by atoms with Crippen LogP contribution in [0.1, 0.15) is 75.5 Å². The fraction of sp³-hybridized carbons (Fsp3) is 0.283. The maximum absolute atomic E-state index is 11.7. The maximum atomic E-state index is 11.7. The molecule has 4 heterocycles. The number of hydrogen-bond donors (Lipinski definition) is 0. The number of carbonyl (C=O) groups excluding carboxylic acids is 1. The number of hydrogen-bond acceptors (Lipinski definition) is 9. The number of pyridine rings is 4. The van der Waals surface area contributed by atoms with Crippen LogP contribution in [0.3, 0.4) is 0 Å². The Morgan fingerprint density at radius 2 is 0.964 bits per heavy atom. The van der Waals surface area contributed by atoms with E-state index in [1.807, 2.05) is 97.6 Å². The lowest BCUT2D eigenvalue weighted by molar-refractivity contribution is 0.0600. The Balaban J connectivity index is 1.15. The first kappa shape index (κ1) is 38.9. The first-order valence-electron chi connectivity index (χ1n) is 19.1. The topological polar surface area (TPSA) is 93.6 Å². The molecule has 9 nitrogen and oxygen atoms in total. The molecular formula is C46H50N6O3. The molecule has 0 aliphatic rings. The van der Waals surface area contributed by atoms with Gasteiger partial charge in [0.05, 0.1) is 42.1 Å². The molecule has 0 amide bonds. The predicted molar refractivity (Wildman–Crippen MR) is 215 cm³/mol.